The summed E-state index contributed by atoms with van der Waals surface area (Å²) in [7, 11) is -3.67. The lowest BCUT2D eigenvalue weighted by molar-refractivity contribution is 0.599. The standard InChI is InChI=1S/C11H14N4O2S/c1-8-11(10(7-12)14-13-8)18(16,17)15-9-5-3-2-4-6-9/h2-6,15H,7,12H2,1H3,(H,13,14). The van der Waals surface area contributed by atoms with Crippen LogP contribution in [0.1, 0.15) is 11.4 Å². The van der Waals surface area contributed by atoms with Crippen molar-refractivity contribution < 1.29 is 8.42 Å². The number of hydrogen-bond donors (Lipinski definition) is 3. The van der Waals surface area contributed by atoms with Gasteiger partial charge in [-0.25, -0.2) is 8.42 Å². The van der Waals surface area contributed by atoms with Gasteiger partial charge in [-0.15, -0.1) is 0 Å². The van der Waals surface area contributed by atoms with Gasteiger partial charge in [-0.2, -0.15) is 5.10 Å². The van der Waals surface area contributed by atoms with Crippen LogP contribution in [0.5, 0.6) is 0 Å². The molecule has 0 fully saturated rings. The van der Waals surface area contributed by atoms with Crippen LogP contribution in [0.3, 0.4) is 0 Å². The molecule has 0 aliphatic heterocycles. The minimum Gasteiger partial charge on any atom is -0.325 e. The van der Waals surface area contributed by atoms with E-state index in [1.54, 1.807) is 31.2 Å². The van der Waals surface area contributed by atoms with Crippen molar-refractivity contribution in [1.29, 1.82) is 0 Å². The Hall–Kier alpha value is -1.86. The summed E-state index contributed by atoms with van der Waals surface area (Å²) in [5.74, 6) is 0. The lowest BCUT2D eigenvalue weighted by Crippen LogP contribution is -2.16. The molecular weight excluding hydrogens is 252 g/mol. The summed E-state index contributed by atoms with van der Waals surface area (Å²) in [5.41, 5.74) is 6.78. The molecule has 0 radical (unpaired) electrons. The van der Waals surface area contributed by atoms with Gasteiger partial charge in [0.15, 0.2) is 0 Å². The van der Waals surface area contributed by atoms with Crippen molar-refractivity contribution in [2.24, 2.45) is 5.73 Å². The van der Waals surface area contributed by atoms with Crippen LogP contribution in [-0.4, -0.2) is 18.6 Å². The monoisotopic (exact) mass is 266 g/mol. The van der Waals surface area contributed by atoms with Crippen LogP contribution in [0, 0.1) is 6.92 Å². The van der Waals surface area contributed by atoms with Crippen molar-refractivity contribution in [1.82, 2.24) is 10.2 Å². The molecule has 1 aromatic heterocycles. The van der Waals surface area contributed by atoms with Crippen LogP contribution in [0.4, 0.5) is 5.69 Å². The number of aryl methyl sites for hydroxylation is 1. The Labute approximate surface area is 105 Å². The zero-order chi connectivity index (χ0) is 13.2. The van der Waals surface area contributed by atoms with Crippen LogP contribution in [0.2, 0.25) is 0 Å². The number of nitrogens with zero attached hydrogens (tertiary/aromatic N) is 1. The van der Waals surface area contributed by atoms with E-state index in [1.165, 1.54) is 0 Å². The number of H-pyrrole nitrogens is 1. The fourth-order valence-electron chi connectivity index (χ4n) is 1.68. The van der Waals surface area contributed by atoms with Gasteiger partial charge in [-0.3, -0.25) is 9.82 Å². The molecule has 2 aromatic rings. The predicted molar refractivity (Wildman–Crippen MR) is 68.5 cm³/mol. The number of aromatic nitrogens is 2. The topological polar surface area (TPSA) is 101 Å². The van der Waals surface area contributed by atoms with Gasteiger partial charge in [0, 0.05) is 12.2 Å². The number of rotatable bonds is 4. The number of sulfonamides is 1. The molecule has 1 aromatic carbocycles. The van der Waals surface area contributed by atoms with Crippen LogP contribution in [0.15, 0.2) is 35.2 Å². The van der Waals surface area contributed by atoms with Gasteiger partial charge in [0.1, 0.15) is 4.90 Å². The summed E-state index contributed by atoms with van der Waals surface area (Å²) >= 11 is 0. The minimum absolute atomic E-state index is 0.0649. The van der Waals surface area contributed by atoms with Crippen molar-refractivity contribution in [2.75, 3.05) is 4.72 Å². The molecule has 4 N–H and O–H groups in total. The summed E-state index contributed by atoms with van der Waals surface area (Å²) in [4.78, 5) is 0.119. The molecule has 0 atom stereocenters. The van der Waals surface area contributed by atoms with Gasteiger partial charge in [0.25, 0.3) is 10.0 Å². The molecule has 18 heavy (non-hydrogen) atoms. The van der Waals surface area contributed by atoms with Gasteiger partial charge in [-0.05, 0) is 19.1 Å². The van der Waals surface area contributed by atoms with E-state index in [0.29, 0.717) is 17.1 Å². The average Bonchev–Trinajstić information content (AvgIpc) is 2.72. The largest absolute Gasteiger partial charge is 0.325 e. The van der Waals surface area contributed by atoms with Crippen LogP contribution in [-0.2, 0) is 16.6 Å². The lowest BCUT2D eigenvalue weighted by Gasteiger charge is -2.08. The SMILES string of the molecule is Cc1[nH]nc(CN)c1S(=O)(=O)Nc1ccccc1. The van der Waals surface area contributed by atoms with Crippen molar-refractivity contribution in [2.45, 2.75) is 18.4 Å². The summed E-state index contributed by atoms with van der Waals surface area (Å²) in [6.07, 6.45) is 0. The fourth-order valence-corrected chi connectivity index (χ4v) is 3.11. The number of para-hydroxylation sites is 1. The van der Waals surface area contributed by atoms with E-state index in [2.05, 4.69) is 14.9 Å². The molecule has 0 bridgehead atoms. The third-order valence-electron chi connectivity index (χ3n) is 2.45. The Morgan fingerprint density at radius 3 is 2.61 bits per heavy atom. The van der Waals surface area contributed by atoms with E-state index in [0.717, 1.165) is 0 Å². The first-order valence-electron chi connectivity index (χ1n) is 5.36. The van der Waals surface area contributed by atoms with E-state index >= 15 is 0 Å². The van der Waals surface area contributed by atoms with E-state index in [1.807, 2.05) is 6.07 Å². The van der Waals surface area contributed by atoms with Gasteiger partial charge >= 0.3 is 0 Å². The molecule has 0 spiro atoms. The average molecular weight is 266 g/mol. The van der Waals surface area contributed by atoms with Gasteiger partial charge in [0.05, 0.1) is 11.4 Å². The van der Waals surface area contributed by atoms with Crippen molar-refractivity contribution in [3.63, 3.8) is 0 Å². The Morgan fingerprint density at radius 2 is 2.00 bits per heavy atom. The van der Waals surface area contributed by atoms with Crippen LogP contribution >= 0.6 is 0 Å². The molecule has 0 aliphatic rings. The third kappa shape index (κ3) is 2.36. The van der Waals surface area contributed by atoms with Gasteiger partial charge in [0.2, 0.25) is 0 Å². The molecule has 6 nitrogen and oxygen atoms in total. The van der Waals surface area contributed by atoms with Crippen LogP contribution in [0.25, 0.3) is 0 Å². The highest BCUT2D eigenvalue weighted by Gasteiger charge is 2.23. The maximum atomic E-state index is 12.2. The summed E-state index contributed by atoms with van der Waals surface area (Å²) < 4.78 is 27.0. The number of aromatic amines is 1. The number of nitrogens with two attached hydrogens (primary N) is 1. The van der Waals surface area contributed by atoms with E-state index < -0.39 is 10.0 Å². The molecule has 0 saturated carbocycles. The fraction of sp³-hybridized carbons (Fsp3) is 0.182. The molecule has 96 valence electrons. The Morgan fingerprint density at radius 1 is 1.33 bits per heavy atom. The molecule has 1 heterocycles. The summed E-state index contributed by atoms with van der Waals surface area (Å²) in [5, 5.41) is 6.50. The summed E-state index contributed by atoms with van der Waals surface area (Å²) in [6.45, 7) is 1.71. The third-order valence-corrected chi connectivity index (χ3v) is 4.03. The maximum Gasteiger partial charge on any atom is 0.265 e. The van der Waals surface area contributed by atoms with E-state index in [-0.39, 0.29) is 11.4 Å². The Balaban J connectivity index is 2.40. The van der Waals surface area contributed by atoms with Crippen LogP contribution < -0.4 is 10.5 Å². The molecular formula is C11H14N4O2S. The first-order valence-corrected chi connectivity index (χ1v) is 6.84. The zero-order valence-electron chi connectivity index (χ0n) is 9.84. The first kappa shape index (κ1) is 12.6. The quantitative estimate of drug-likeness (QED) is 0.767. The van der Waals surface area contributed by atoms with E-state index in [4.69, 9.17) is 5.73 Å². The molecule has 7 heteroatoms. The van der Waals surface area contributed by atoms with Gasteiger partial charge in [-0.1, -0.05) is 18.2 Å². The molecule has 0 aliphatic carbocycles. The Bertz CT molecular complexity index is 634. The molecule has 2 rings (SSSR count). The van der Waals surface area contributed by atoms with E-state index in [9.17, 15) is 8.42 Å². The summed E-state index contributed by atoms with van der Waals surface area (Å²) in [6, 6.07) is 8.67. The highest BCUT2D eigenvalue weighted by atomic mass is 32.2. The van der Waals surface area contributed by atoms with Gasteiger partial charge < -0.3 is 5.73 Å². The predicted octanol–water partition coefficient (Wildman–Crippen LogP) is 0.978. The smallest absolute Gasteiger partial charge is 0.265 e. The zero-order valence-corrected chi connectivity index (χ0v) is 10.7. The van der Waals surface area contributed by atoms with Crippen molar-refractivity contribution in [3.05, 3.63) is 41.7 Å². The minimum atomic E-state index is -3.67. The second-order valence-electron chi connectivity index (χ2n) is 3.80. The first-order chi connectivity index (χ1) is 8.54. The Kier molecular flexibility index (Phi) is 3.35. The maximum absolute atomic E-state index is 12.2. The normalized spacial score (nSPS) is 11.4. The second-order valence-corrected chi connectivity index (χ2v) is 5.42. The highest BCUT2D eigenvalue weighted by Crippen LogP contribution is 2.20. The number of hydrogen-bond acceptors (Lipinski definition) is 4. The van der Waals surface area contributed by atoms with Crippen molar-refractivity contribution >= 4 is 15.7 Å². The molecule has 0 amide bonds. The van der Waals surface area contributed by atoms with Crippen molar-refractivity contribution in [3.8, 4) is 0 Å². The number of nitrogens with one attached hydrogen (secondary N) is 2. The number of anilines is 1. The number of benzene rings is 1. The lowest BCUT2D eigenvalue weighted by atomic mass is 10.3. The second kappa shape index (κ2) is 4.79. The molecule has 0 unspecified atom stereocenters. The highest BCUT2D eigenvalue weighted by molar-refractivity contribution is 7.92. The molecule has 0 saturated heterocycles.